The molecule has 19 heavy (non-hydrogen) atoms. The number of hydrogen-bond acceptors (Lipinski definition) is 9. The molecule has 0 bridgehead atoms. The average molecular weight is 276 g/mol. The van der Waals surface area contributed by atoms with Gasteiger partial charge in [0.1, 0.15) is 18.1 Å². The van der Waals surface area contributed by atoms with Crippen molar-refractivity contribution in [2.45, 2.75) is 31.2 Å². The Morgan fingerprint density at radius 3 is 2.00 bits per heavy atom. The normalized spacial score (nSPS) is 16.8. The number of carbonyl (C=O) groups excluding carboxylic acids is 1. The van der Waals surface area contributed by atoms with E-state index in [1.807, 2.05) is 0 Å². The van der Waals surface area contributed by atoms with Gasteiger partial charge >= 0.3 is 0 Å². The molecule has 10 heteroatoms. The number of nitroso groups, excluding NO2 is 3. The quantitative estimate of drug-likeness (QED) is 0.527. The van der Waals surface area contributed by atoms with Crippen LogP contribution in [0.1, 0.15) is 6.92 Å². The van der Waals surface area contributed by atoms with Gasteiger partial charge in [-0.05, 0) is 0 Å². The number of amides is 1. The summed E-state index contributed by atoms with van der Waals surface area (Å²) in [7, 11) is 1.37. The lowest BCUT2D eigenvalue weighted by Gasteiger charge is -2.25. The van der Waals surface area contributed by atoms with Gasteiger partial charge in [0.25, 0.3) is 0 Å². The van der Waals surface area contributed by atoms with Crippen molar-refractivity contribution in [2.24, 2.45) is 15.5 Å². The summed E-state index contributed by atoms with van der Waals surface area (Å²) in [5.74, 6) is -0.369. The Balaban J connectivity index is 4.95. The van der Waals surface area contributed by atoms with E-state index in [0.717, 1.165) is 4.90 Å². The van der Waals surface area contributed by atoms with E-state index in [9.17, 15) is 24.6 Å². The van der Waals surface area contributed by atoms with E-state index in [4.69, 9.17) is 5.11 Å². The molecule has 0 rings (SSSR count). The van der Waals surface area contributed by atoms with Crippen LogP contribution in [0.15, 0.2) is 15.5 Å². The van der Waals surface area contributed by atoms with Gasteiger partial charge in [0.2, 0.25) is 5.91 Å². The fraction of sp³-hybridized carbons (Fsp3) is 0.889. The minimum absolute atomic E-state index is 0.269. The molecule has 4 unspecified atom stereocenters. The maximum Gasteiger partial charge on any atom is 0.219 e. The number of carbonyl (C=O) groups is 1. The number of likely N-dealkylation sites (N-methyl/N-ethyl adjacent to an activating group) is 1. The van der Waals surface area contributed by atoms with Crippen molar-refractivity contribution in [2.75, 3.05) is 20.2 Å². The first kappa shape index (κ1) is 17.2. The number of aliphatic hydroxyl groups excluding tert-OH is 2. The summed E-state index contributed by atoms with van der Waals surface area (Å²) in [4.78, 5) is 43.8. The van der Waals surface area contributed by atoms with Crippen molar-refractivity contribution in [3.05, 3.63) is 14.7 Å². The maximum absolute atomic E-state index is 11.0. The van der Waals surface area contributed by atoms with Gasteiger partial charge in [-0.3, -0.25) is 4.79 Å². The molecule has 0 radical (unpaired) electrons. The highest BCUT2D eigenvalue weighted by molar-refractivity contribution is 5.72. The highest BCUT2D eigenvalue weighted by atomic mass is 16.3. The zero-order valence-electron chi connectivity index (χ0n) is 10.5. The number of nitrogens with zero attached hydrogens (tertiary/aromatic N) is 4. The molecule has 0 saturated carbocycles. The van der Waals surface area contributed by atoms with E-state index < -0.39 is 30.8 Å². The molecule has 0 aliphatic carbocycles. The van der Waals surface area contributed by atoms with Gasteiger partial charge in [0.15, 0.2) is 0 Å². The molecule has 0 aromatic rings. The molecular formula is C9H16N4O6. The molecule has 108 valence electrons. The molecule has 0 aromatic carbocycles. The van der Waals surface area contributed by atoms with E-state index in [-0.39, 0.29) is 12.5 Å². The molecule has 0 heterocycles. The molecule has 0 spiro atoms. The molecule has 0 aliphatic heterocycles. The zero-order chi connectivity index (χ0) is 15.0. The molecular weight excluding hydrogens is 260 g/mol. The summed E-state index contributed by atoms with van der Waals surface area (Å²) in [6.45, 7) is 0.172. The minimum atomic E-state index is -1.59. The monoisotopic (exact) mass is 276 g/mol. The SMILES string of the molecule is CC(=O)N(C)CC(O)C(N=O)C(N=O)C(CO)N=O. The van der Waals surface area contributed by atoms with E-state index in [0.29, 0.717) is 0 Å². The summed E-state index contributed by atoms with van der Waals surface area (Å²) < 4.78 is 0. The van der Waals surface area contributed by atoms with Gasteiger partial charge in [-0.15, -0.1) is 0 Å². The molecule has 0 fully saturated rings. The fourth-order valence-corrected chi connectivity index (χ4v) is 1.44. The Morgan fingerprint density at radius 1 is 1.16 bits per heavy atom. The van der Waals surface area contributed by atoms with E-state index >= 15 is 0 Å². The maximum atomic E-state index is 11.0. The van der Waals surface area contributed by atoms with Crippen LogP contribution < -0.4 is 0 Å². The van der Waals surface area contributed by atoms with Gasteiger partial charge in [0, 0.05) is 20.5 Å². The predicted octanol–water partition coefficient (Wildman–Crippen LogP) is -0.777. The second-order valence-electron chi connectivity index (χ2n) is 4.01. The largest absolute Gasteiger partial charge is 0.394 e. The van der Waals surface area contributed by atoms with Gasteiger partial charge in [-0.2, -0.15) is 14.7 Å². The smallest absolute Gasteiger partial charge is 0.219 e. The van der Waals surface area contributed by atoms with E-state index in [2.05, 4.69) is 15.5 Å². The highest BCUT2D eigenvalue weighted by Gasteiger charge is 2.38. The summed E-state index contributed by atoms with van der Waals surface area (Å²) in [6, 6.07) is -4.64. The minimum Gasteiger partial charge on any atom is -0.394 e. The van der Waals surface area contributed by atoms with Crippen molar-refractivity contribution in [3.63, 3.8) is 0 Å². The van der Waals surface area contributed by atoms with Crippen LogP contribution in [0.4, 0.5) is 0 Å². The second kappa shape index (κ2) is 8.32. The second-order valence-corrected chi connectivity index (χ2v) is 4.01. The van der Waals surface area contributed by atoms with Crippen LogP contribution in [-0.2, 0) is 4.79 Å². The lowest BCUT2D eigenvalue weighted by atomic mass is 9.97. The van der Waals surface area contributed by atoms with Crippen LogP contribution in [0.3, 0.4) is 0 Å². The van der Waals surface area contributed by atoms with Gasteiger partial charge in [-0.1, -0.05) is 15.5 Å². The molecule has 10 nitrogen and oxygen atoms in total. The molecule has 0 saturated heterocycles. The summed E-state index contributed by atoms with van der Waals surface area (Å²) >= 11 is 0. The van der Waals surface area contributed by atoms with Gasteiger partial charge in [-0.25, -0.2) is 0 Å². The third-order valence-corrected chi connectivity index (χ3v) is 2.70. The topological polar surface area (TPSA) is 149 Å². The Morgan fingerprint density at radius 2 is 1.68 bits per heavy atom. The van der Waals surface area contributed by atoms with Gasteiger partial charge < -0.3 is 15.1 Å². The van der Waals surface area contributed by atoms with Crippen LogP contribution in [-0.4, -0.2) is 65.4 Å². The molecule has 0 aromatic heterocycles. The van der Waals surface area contributed by atoms with Crippen molar-refractivity contribution in [1.29, 1.82) is 0 Å². The third-order valence-electron chi connectivity index (χ3n) is 2.70. The Hall–Kier alpha value is -1.81. The van der Waals surface area contributed by atoms with Crippen LogP contribution >= 0.6 is 0 Å². The predicted molar refractivity (Wildman–Crippen MR) is 65.2 cm³/mol. The summed E-state index contributed by atoms with van der Waals surface area (Å²) in [5.41, 5.74) is 0. The van der Waals surface area contributed by atoms with Crippen LogP contribution in [0.25, 0.3) is 0 Å². The first-order valence-corrected chi connectivity index (χ1v) is 5.40. The molecule has 0 aliphatic rings. The lowest BCUT2D eigenvalue weighted by Crippen LogP contribution is -2.47. The molecule has 4 atom stereocenters. The molecule has 2 N–H and O–H groups in total. The number of rotatable bonds is 9. The highest BCUT2D eigenvalue weighted by Crippen LogP contribution is 2.16. The number of aliphatic hydroxyl groups is 2. The lowest BCUT2D eigenvalue weighted by molar-refractivity contribution is -0.129. The van der Waals surface area contributed by atoms with Crippen LogP contribution in [0, 0.1) is 14.7 Å². The van der Waals surface area contributed by atoms with Crippen molar-refractivity contribution < 1.29 is 15.0 Å². The average Bonchev–Trinajstić information content (AvgIpc) is 2.38. The van der Waals surface area contributed by atoms with E-state index in [1.165, 1.54) is 14.0 Å². The van der Waals surface area contributed by atoms with Crippen LogP contribution in [0.2, 0.25) is 0 Å². The standard InChI is InChI=1S/C9H16N4O6/c1-5(15)13(2)3-7(16)9(12-19)8(11-18)6(4-14)10-17/h6-9,14,16H,3-4H2,1-2H3. The first-order chi connectivity index (χ1) is 8.92. The van der Waals surface area contributed by atoms with Crippen molar-refractivity contribution in [3.8, 4) is 0 Å². The Kier molecular flexibility index (Phi) is 7.53. The summed E-state index contributed by atoms with van der Waals surface area (Å²) in [6.07, 6.45) is -1.50. The van der Waals surface area contributed by atoms with E-state index in [1.54, 1.807) is 0 Å². The first-order valence-electron chi connectivity index (χ1n) is 5.40. The zero-order valence-corrected chi connectivity index (χ0v) is 10.5. The van der Waals surface area contributed by atoms with Crippen molar-refractivity contribution in [1.82, 2.24) is 4.90 Å². The number of hydrogen-bond donors (Lipinski definition) is 2. The van der Waals surface area contributed by atoms with Crippen molar-refractivity contribution >= 4 is 5.91 Å². The van der Waals surface area contributed by atoms with Gasteiger partial charge in [0.05, 0.1) is 12.7 Å². The van der Waals surface area contributed by atoms with Crippen LogP contribution in [0.5, 0.6) is 0 Å². The fourth-order valence-electron chi connectivity index (χ4n) is 1.44. The Labute approximate surface area is 108 Å². The Bertz CT molecular complexity index is 339. The summed E-state index contributed by atoms with van der Waals surface area (Å²) in [5, 5.41) is 26.1. The molecule has 1 amide bonds. The third kappa shape index (κ3) is 4.75.